The number of sulfone groups is 1. The summed E-state index contributed by atoms with van der Waals surface area (Å²) < 4.78 is 50.6. The lowest BCUT2D eigenvalue weighted by atomic mass is 10.1. The number of hydrogen-bond donors (Lipinski definition) is 1. The Hall–Kier alpha value is -3.84. The Balaban J connectivity index is 1.57. The van der Waals surface area contributed by atoms with Crippen molar-refractivity contribution in [3.63, 3.8) is 0 Å². The van der Waals surface area contributed by atoms with E-state index in [9.17, 15) is 13.2 Å². The van der Waals surface area contributed by atoms with E-state index < -0.39 is 15.7 Å². The fraction of sp³-hybridized carbons (Fsp3) is 0.250. The minimum Gasteiger partial charge on any atom is -0.493 e. The number of carbonyl (C=O) groups is 1. The molecule has 13 heteroatoms. The molecule has 1 N–H and O–H groups in total. The van der Waals surface area contributed by atoms with Gasteiger partial charge in [-0.05, 0) is 48.4 Å². The van der Waals surface area contributed by atoms with Crippen molar-refractivity contribution in [2.45, 2.75) is 6.92 Å². The molecule has 2 aromatic carbocycles. The standard InChI is InChI=1S/C24H24N4O7S2/c1-14-6-5-7-16(10-14)34-8-9-35-20-18(32-2)12-15(13-19(20)33-3)11-17-21(25)28-23(26-22(17)29)36-27-24(28)37(4,30)31/h5-7,10-13,25H,8-9H2,1-4H3. The van der Waals surface area contributed by atoms with Gasteiger partial charge in [-0.25, -0.2) is 13.3 Å². The Labute approximate surface area is 218 Å². The van der Waals surface area contributed by atoms with E-state index in [2.05, 4.69) is 9.39 Å². The maximum absolute atomic E-state index is 12.7. The summed E-state index contributed by atoms with van der Waals surface area (Å²) in [5.74, 6) is 0.686. The highest BCUT2D eigenvalue weighted by atomic mass is 32.2. The number of benzene rings is 2. The lowest BCUT2D eigenvalue weighted by molar-refractivity contribution is -0.114. The molecule has 0 saturated carbocycles. The number of ether oxygens (including phenoxy) is 4. The average molecular weight is 545 g/mol. The van der Waals surface area contributed by atoms with E-state index in [0.717, 1.165) is 34.4 Å². The topological polar surface area (TPSA) is 140 Å². The van der Waals surface area contributed by atoms with Crippen molar-refractivity contribution >= 4 is 49.9 Å². The quantitative estimate of drug-likeness (QED) is 0.302. The zero-order chi connectivity index (χ0) is 26.7. The first-order valence-electron chi connectivity index (χ1n) is 10.9. The van der Waals surface area contributed by atoms with E-state index in [4.69, 9.17) is 24.4 Å². The Morgan fingerprint density at radius 2 is 1.76 bits per heavy atom. The molecule has 2 aromatic rings. The smallest absolute Gasteiger partial charge is 0.283 e. The number of fused-ring (bicyclic) bond motifs is 1. The number of rotatable bonds is 8. The Morgan fingerprint density at radius 3 is 2.38 bits per heavy atom. The van der Waals surface area contributed by atoms with Crippen LogP contribution in [0.25, 0.3) is 6.08 Å². The van der Waals surface area contributed by atoms with E-state index in [1.54, 1.807) is 12.1 Å². The molecular formula is C24H24N4O7S2. The average Bonchev–Trinajstić information content (AvgIpc) is 3.29. The van der Waals surface area contributed by atoms with Crippen LogP contribution in [0.1, 0.15) is 11.1 Å². The molecule has 2 heterocycles. The van der Waals surface area contributed by atoms with Crippen molar-refractivity contribution in [2.24, 2.45) is 9.39 Å². The van der Waals surface area contributed by atoms with E-state index in [1.165, 1.54) is 20.3 Å². The van der Waals surface area contributed by atoms with E-state index in [-0.39, 0.29) is 35.0 Å². The number of carbonyl (C=O) groups excluding carboxylic acids is 1. The van der Waals surface area contributed by atoms with Gasteiger partial charge in [0.15, 0.2) is 11.5 Å². The third-order valence-corrected chi connectivity index (χ3v) is 6.96. The minimum absolute atomic E-state index is 0.0133. The summed E-state index contributed by atoms with van der Waals surface area (Å²) in [5.41, 5.74) is 1.42. The number of nitrogens with zero attached hydrogens (tertiary/aromatic N) is 3. The summed E-state index contributed by atoms with van der Waals surface area (Å²) in [6, 6.07) is 10.9. The minimum atomic E-state index is -3.75. The highest BCUT2D eigenvalue weighted by Gasteiger charge is 2.41. The van der Waals surface area contributed by atoms with Crippen LogP contribution in [0.2, 0.25) is 0 Å². The summed E-state index contributed by atoms with van der Waals surface area (Å²) in [6.07, 6.45) is 2.38. The highest BCUT2D eigenvalue weighted by Crippen LogP contribution is 2.39. The van der Waals surface area contributed by atoms with Crippen LogP contribution in [0.3, 0.4) is 0 Å². The third-order valence-electron chi connectivity index (χ3n) is 5.21. The van der Waals surface area contributed by atoms with Crippen LogP contribution in [-0.4, -0.2) is 69.1 Å². The second-order valence-electron chi connectivity index (χ2n) is 7.95. The Bertz CT molecular complexity index is 1440. The van der Waals surface area contributed by atoms with E-state index in [1.807, 2.05) is 31.2 Å². The monoisotopic (exact) mass is 544 g/mol. The molecular weight excluding hydrogens is 520 g/mol. The van der Waals surface area contributed by atoms with Crippen molar-refractivity contribution in [1.82, 2.24) is 4.90 Å². The zero-order valence-corrected chi connectivity index (χ0v) is 22.1. The lowest BCUT2D eigenvalue weighted by Gasteiger charge is -2.24. The summed E-state index contributed by atoms with van der Waals surface area (Å²) in [4.78, 5) is 17.6. The summed E-state index contributed by atoms with van der Waals surface area (Å²) in [5, 5.41) is 8.15. The lowest BCUT2D eigenvalue weighted by Crippen LogP contribution is -2.45. The fourth-order valence-corrected chi connectivity index (χ4v) is 5.38. The molecule has 2 aliphatic heterocycles. The largest absolute Gasteiger partial charge is 0.493 e. The van der Waals surface area contributed by atoms with Crippen LogP contribution >= 0.6 is 11.9 Å². The van der Waals surface area contributed by atoms with Gasteiger partial charge in [0.1, 0.15) is 24.8 Å². The fourth-order valence-electron chi connectivity index (χ4n) is 3.54. The number of aryl methyl sites for hydroxylation is 1. The van der Waals surface area contributed by atoms with Crippen LogP contribution in [-0.2, 0) is 14.6 Å². The molecule has 0 spiro atoms. The molecule has 37 heavy (non-hydrogen) atoms. The van der Waals surface area contributed by atoms with Gasteiger partial charge in [0.05, 0.1) is 31.7 Å². The summed E-state index contributed by atoms with van der Waals surface area (Å²) in [6.45, 7) is 2.47. The molecule has 2 aliphatic rings. The van der Waals surface area contributed by atoms with Crippen LogP contribution < -0.4 is 18.9 Å². The van der Waals surface area contributed by atoms with Crippen LogP contribution in [0, 0.1) is 12.3 Å². The zero-order valence-electron chi connectivity index (χ0n) is 20.5. The Kier molecular flexibility index (Phi) is 7.55. The molecule has 0 saturated heterocycles. The summed E-state index contributed by atoms with van der Waals surface area (Å²) >= 11 is 0.729. The van der Waals surface area contributed by atoms with Crippen molar-refractivity contribution in [1.29, 1.82) is 5.41 Å². The van der Waals surface area contributed by atoms with Crippen molar-refractivity contribution < 1.29 is 32.2 Å². The predicted molar refractivity (Wildman–Crippen MR) is 142 cm³/mol. The van der Waals surface area contributed by atoms with Crippen LogP contribution in [0.4, 0.5) is 0 Å². The van der Waals surface area contributed by atoms with Crippen molar-refractivity contribution in [3.05, 3.63) is 53.1 Å². The van der Waals surface area contributed by atoms with Gasteiger partial charge in [-0.2, -0.15) is 9.39 Å². The third kappa shape index (κ3) is 5.62. The molecule has 0 unspecified atom stereocenters. The number of amides is 1. The van der Waals surface area contributed by atoms with E-state index in [0.29, 0.717) is 22.8 Å². The molecule has 4 rings (SSSR count). The van der Waals surface area contributed by atoms with Gasteiger partial charge in [-0.3, -0.25) is 10.2 Å². The number of nitrogens with one attached hydrogen (secondary N) is 1. The van der Waals surface area contributed by atoms with Gasteiger partial charge >= 0.3 is 0 Å². The molecule has 1 amide bonds. The van der Waals surface area contributed by atoms with Gasteiger partial charge in [0.25, 0.3) is 5.91 Å². The predicted octanol–water partition coefficient (Wildman–Crippen LogP) is 3.09. The number of methoxy groups -OCH3 is 2. The second kappa shape index (κ2) is 10.6. The SMILES string of the molecule is COc1cc(C=C2C(=N)N3C(=NC2=O)SN=C3S(C)(=O)=O)cc(OC)c1OCCOc1cccc(C)c1. The first-order valence-corrected chi connectivity index (χ1v) is 13.6. The van der Waals surface area contributed by atoms with E-state index >= 15 is 0 Å². The van der Waals surface area contributed by atoms with Gasteiger partial charge < -0.3 is 18.9 Å². The molecule has 0 atom stereocenters. The van der Waals surface area contributed by atoms with Gasteiger partial charge in [0.2, 0.25) is 25.9 Å². The van der Waals surface area contributed by atoms with Crippen molar-refractivity contribution in [3.8, 4) is 23.0 Å². The van der Waals surface area contributed by atoms with Gasteiger partial charge in [-0.15, -0.1) is 0 Å². The molecule has 0 aromatic heterocycles. The number of amidine groups is 3. The van der Waals surface area contributed by atoms with Crippen molar-refractivity contribution in [2.75, 3.05) is 33.7 Å². The molecule has 0 bridgehead atoms. The molecule has 0 fully saturated rings. The number of aliphatic imine (C=N–C) groups is 1. The molecule has 194 valence electrons. The highest BCUT2D eigenvalue weighted by molar-refractivity contribution is 8.16. The van der Waals surface area contributed by atoms with Gasteiger partial charge in [0, 0.05) is 6.26 Å². The maximum atomic E-state index is 12.7. The molecule has 0 radical (unpaired) electrons. The molecule has 11 nitrogen and oxygen atoms in total. The molecule has 0 aliphatic carbocycles. The Morgan fingerprint density at radius 1 is 1.08 bits per heavy atom. The van der Waals surface area contributed by atoms with Gasteiger partial charge in [-0.1, -0.05) is 12.1 Å². The maximum Gasteiger partial charge on any atom is 0.283 e. The first-order chi connectivity index (χ1) is 17.6. The summed E-state index contributed by atoms with van der Waals surface area (Å²) in [7, 11) is -0.828. The number of hydrogen-bond acceptors (Lipinski definition) is 10. The normalized spacial score (nSPS) is 16.3. The van der Waals surface area contributed by atoms with Crippen LogP contribution in [0.5, 0.6) is 23.0 Å². The first kappa shape index (κ1) is 26.2. The van der Waals surface area contributed by atoms with Crippen LogP contribution in [0.15, 0.2) is 51.4 Å². The second-order valence-corrected chi connectivity index (χ2v) is 10.6.